The lowest BCUT2D eigenvalue weighted by atomic mass is 10.1. The van der Waals surface area contributed by atoms with E-state index in [0.717, 1.165) is 18.5 Å². The molecule has 100 valence electrons. The topological polar surface area (TPSA) is 21.3 Å². The predicted octanol–water partition coefficient (Wildman–Crippen LogP) is 3.17. The zero-order valence-corrected chi connectivity index (χ0v) is 11.0. The molecule has 0 heterocycles. The third-order valence-electron chi connectivity index (χ3n) is 2.92. The molecule has 0 aliphatic rings. The monoisotopic (exact) mass is 259 g/mol. The van der Waals surface area contributed by atoms with Crippen LogP contribution in [-0.2, 0) is 13.0 Å². The van der Waals surface area contributed by atoms with Crippen molar-refractivity contribution >= 4 is 0 Å². The molecule has 0 saturated heterocycles. The van der Waals surface area contributed by atoms with Gasteiger partial charge in [0.1, 0.15) is 6.61 Å². The van der Waals surface area contributed by atoms with Crippen molar-refractivity contribution < 1.29 is 9.13 Å². The van der Waals surface area contributed by atoms with Crippen LogP contribution in [0.1, 0.15) is 11.1 Å². The van der Waals surface area contributed by atoms with Gasteiger partial charge in [0, 0.05) is 0 Å². The van der Waals surface area contributed by atoms with Crippen molar-refractivity contribution in [2.75, 3.05) is 13.6 Å². The summed E-state index contributed by atoms with van der Waals surface area (Å²) in [5.74, 6) is -0.0325. The van der Waals surface area contributed by atoms with Gasteiger partial charge >= 0.3 is 0 Å². The smallest absolute Gasteiger partial charge is 0.165 e. The molecular formula is C16H18FNO. The lowest BCUT2D eigenvalue weighted by Crippen LogP contribution is -2.10. The number of hydrogen-bond acceptors (Lipinski definition) is 2. The third kappa shape index (κ3) is 4.07. The van der Waals surface area contributed by atoms with E-state index >= 15 is 0 Å². The molecular weight excluding hydrogens is 241 g/mol. The minimum Gasteiger partial charge on any atom is -0.486 e. The van der Waals surface area contributed by atoms with Gasteiger partial charge in [0.25, 0.3) is 0 Å². The minimum absolute atomic E-state index is 0.293. The Morgan fingerprint density at radius 3 is 2.37 bits per heavy atom. The maximum absolute atomic E-state index is 13.4. The van der Waals surface area contributed by atoms with Crippen LogP contribution in [0, 0.1) is 5.82 Å². The van der Waals surface area contributed by atoms with E-state index in [4.69, 9.17) is 4.74 Å². The molecule has 3 heteroatoms. The van der Waals surface area contributed by atoms with Crippen LogP contribution in [0.4, 0.5) is 4.39 Å². The molecule has 0 spiro atoms. The Balaban J connectivity index is 1.91. The summed E-state index contributed by atoms with van der Waals surface area (Å²) in [5, 5.41) is 3.12. The SMILES string of the molecule is CNCCc1ccc(COc2ccccc2F)cc1. The lowest BCUT2D eigenvalue weighted by molar-refractivity contribution is 0.290. The molecule has 0 aliphatic carbocycles. The summed E-state index contributed by atoms with van der Waals surface area (Å²) < 4.78 is 18.8. The van der Waals surface area contributed by atoms with Crippen LogP contribution in [-0.4, -0.2) is 13.6 Å². The van der Waals surface area contributed by atoms with Crippen LogP contribution in [0.3, 0.4) is 0 Å². The number of hydrogen-bond donors (Lipinski definition) is 1. The van der Waals surface area contributed by atoms with Gasteiger partial charge in [0.15, 0.2) is 11.6 Å². The highest BCUT2D eigenvalue weighted by molar-refractivity contribution is 5.26. The lowest BCUT2D eigenvalue weighted by Gasteiger charge is -2.08. The summed E-state index contributed by atoms with van der Waals surface area (Å²) in [5.41, 5.74) is 2.32. The number of likely N-dealkylation sites (N-methyl/N-ethyl adjacent to an activating group) is 1. The van der Waals surface area contributed by atoms with E-state index in [2.05, 4.69) is 17.4 Å². The fraction of sp³-hybridized carbons (Fsp3) is 0.250. The summed E-state index contributed by atoms with van der Waals surface area (Å²) in [6.07, 6.45) is 1.00. The van der Waals surface area contributed by atoms with Crippen molar-refractivity contribution in [2.45, 2.75) is 13.0 Å². The number of rotatable bonds is 6. The van der Waals surface area contributed by atoms with E-state index in [1.54, 1.807) is 18.2 Å². The van der Waals surface area contributed by atoms with Crippen LogP contribution < -0.4 is 10.1 Å². The Hall–Kier alpha value is -1.87. The fourth-order valence-electron chi connectivity index (χ4n) is 1.79. The Bertz CT molecular complexity index is 510. The van der Waals surface area contributed by atoms with E-state index in [9.17, 15) is 4.39 Å². The van der Waals surface area contributed by atoms with Gasteiger partial charge in [-0.3, -0.25) is 0 Å². The quantitative estimate of drug-likeness (QED) is 0.860. The molecule has 0 unspecified atom stereocenters. The Morgan fingerprint density at radius 2 is 1.68 bits per heavy atom. The highest BCUT2D eigenvalue weighted by Crippen LogP contribution is 2.17. The second kappa shape index (κ2) is 6.90. The van der Waals surface area contributed by atoms with Gasteiger partial charge in [0.05, 0.1) is 0 Å². The average molecular weight is 259 g/mol. The molecule has 0 saturated carbocycles. The van der Waals surface area contributed by atoms with Crippen LogP contribution >= 0.6 is 0 Å². The predicted molar refractivity (Wildman–Crippen MR) is 74.8 cm³/mol. The summed E-state index contributed by atoms with van der Waals surface area (Å²) >= 11 is 0. The van der Waals surface area contributed by atoms with Gasteiger partial charge < -0.3 is 10.1 Å². The van der Waals surface area contributed by atoms with Crippen molar-refractivity contribution in [1.82, 2.24) is 5.32 Å². The molecule has 0 aliphatic heterocycles. The average Bonchev–Trinajstić information content (AvgIpc) is 2.45. The standard InChI is InChI=1S/C16H18FNO/c1-18-11-10-13-6-8-14(9-7-13)12-19-16-5-3-2-4-15(16)17/h2-9,18H,10-12H2,1H3. The van der Waals surface area contributed by atoms with E-state index in [1.807, 2.05) is 19.2 Å². The highest BCUT2D eigenvalue weighted by Gasteiger charge is 2.02. The van der Waals surface area contributed by atoms with Crippen LogP contribution in [0.25, 0.3) is 0 Å². The molecule has 2 nitrogen and oxygen atoms in total. The zero-order chi connectivity index (χ0) is 13.5. The molecule has 2 aromatic carbocycles. The van der Waals surface area contributed by atoms with Crippen LogP contribution in [0.5, 0.6) is 5.75 Å². The summed E-state index contributed by atoms with van der Waals surface area (Å²) in [6, 6.07) is 14.7. The summed E-state index contributed by atoms with van der Waals surface area (Å²) in [7, 11) is 1.94. The number of ether oxygens (including phenoxy) is 1. The van der Waals surface area contributed by atoms with Crippen molar-refractivity contribution in [3.63, 3.8) is 0 Å². The first-order valence-electron chi connectivity index (χ1n) is 6.39. The first kappa shape index (κ1) is 13.6. The van der Waals surface area contributed by atoms with Gasteiger partial charge in [-0.25, -0.2) is 4.39 Å². The van der Waals surface area contributed by atoms with Gasteiger partial charge in [-0.05, 0) is 43.3 Å². The molecule has 2 aromatic rings. The van der Waals surface area contributed by atoms with E-state index in [-0.39, 0.29) is 5.82 Å². The number of nitrogens with one attached hydrogen (secondary N) is 1. The largest absolute Gasteiger partial charge is 0.486 e. The van der Waals surface area contributed by atoms with Crippen molar-refractivity contribution in [2.24, 2.45) is 0 Å². The first-order chi connectivity index (χ1) is 9.29. The van der Waals surface area contributed by atoms with Gasteiger partial charge in [-0.2, -0.15) is 0 Å². The van der Waals surface area contributed by atoms with Gasteiger partial charge in [-0.15, -0.1) is 0 Å². The van der Waals surface area contributed by atoms with E-state index < -0.39 is 0 Å². The maximum Gasteiger partial charge on any atom is 0.165 e. The van der Waals surface area contributed by atoms with Crippen molar-refractivity contribution in [1.29, 1.82) is 0 Å². The molecule has 1 N–H and O–H groups in total. The third-order valence-corrected chi connectivity index (χ3v) is 2.92. The van der Waals surface area contributed by atoms with Gasteiger partial charge in [0.2, 0.25) is 0 Å². The molecule has 0 amide bonds. The normalized spacial score (nSPS) is 10.4. The maximum atomic E-state index is 13.4. The molecule has 0 aromatic heterocycles. The van der Waals surface area contributed by atoms with Crippen LogP contribution in [0.2, 0.25) is 0 Å². The zero-order valence-electron chi connectivity index (χ0n) is 11.0. The molecule has 0 atom stereocenters. The summed E-state index contributed by atoms with van der Waals surface area (Å²) in [6.45, 7) is 1.35. The van der Waals surface area contributed by atoms with Crippen molar-refractivity contribution in [3.05, 3.63) is 65.5 Å². The first-order valence-corrected chi connectivity index (χ1v) is 6.39. The number of para-hydroxylation sites is 1. The van der Waals surface area contributed by atoms with Gasteiger partial charge in [-0.1, -0.05) is 36.4 Å². The fourth-order valence-corrected chi connectivity index (χ4v) is 1.79. The second-order valence-electron chi connectivity index (χ2n) is 4.39. The Labute approximate surface area is 113 Å². The number of benzene rings is 2. The van der Waals surface area contributed by atoms with E-state index in [0.29, 0.717) is 12.4 Å². The highest BCUT2D eigenvalue weighted by atomic mass is 19.1. The number of halogens is 1. The summed E-state index contributed by atoms with van der Waals surface area (Å²) in [4.78, 5) is 0. The molecule has 0 fully saturated rings. The van der Waals surface area contributed by atoms with E-state index in [1.165, 1.54) is 11.6 Å². The minimum atomic E-state index is -0.326. The molecule has 2 rings (SSSR count). The second-order valence-corrected chi connectivity index (χ2v) is 4.39. The Kier molecular flexibility index (Phi) is 4.93. The molecule has 0 bridgehead atoms. The molecule has 0 radical (unpaired) electrons. The van der Waals surface area contributed by atoms with Crippen LogP contribution in [0.15, 0.2) is 48.5 Å². The van der Waals surface area contributed by atoms with Crippen molar-refractivity contribution in [3.8, 4) is 5.75 Å². The molecule has 19 heavy (non-hydrogen) atoms. The Morgan fingerprint density at radius 1 is 1.00 bits per heavy atom.